The van der Waals surface area contributed by atoms with Gasteiger partial charge < -0.3 is 19.3 Å². The minimum absolute atomic E-state index is 0.298. The van der Waals surface area contributed by atoms with Crippen LogP contribution >= 0.6 is 15.9 Å². The molecule has 20 heavy (non-hydrogen) atoms. The fourth-order valence-electron chi connectivity index (χ4n) is 1.83. The van der Waals surface area contributed by atoms with Crippen molar-refractivity contribution in [1.82, 2.24) is 0 Å². The molecular weight excluding hydrogens is 328 g/mol. The molecule has 112 valence electrons. The van der Waals surface area contributed by atoms with Gasteiger partial charge in [-0.15, -0.1) is 0 Å². The fraction of sp³-hybridized carbons (Fsp3) is 0.500. The molecule has 0 aliphatic carbocycles. The molecule has 0 heterocycles. The first kappa shape index (κ1) is 16.6. The standard InChI is InChI=1S/C14H19BrO5/c1-14(2,13(16)17)7-8-9(18-3)6-10(19-4)12(20-5)11(8)15/h6H,7H2,1-5H3,(H,16,17). The number of aliphatic carboxylic acids is 1. The third kappa shape index (κ3) is 3.17. The molecule has 1 aromatic rings. The Bertz CT molecular complexity index is 511. The lowest BCUT2D eigenvalue weighted by molar-refractivity contribution is -0.146. The molecule has 0 atom stereocenters. The second-order valence-electron chi connectivity index (χ2n) is 4.97. The summed E-state index contributed by atoms with van der Waals surface area (Å²) < 4.78 is 16.5. The van der Waals surface area contributed by atoms with E-state index in [0.29, 0.717) is 28.1 Å². The van der Waals surface area contributed by atoms with Crippen molar-refractivity contribution in [1.29, 1.82) is 0 Å². The number of carboxylic acid groups (broad SMARTS) is 1. The lowest BCUT2D eigenvalue weighted by Crippen LogP contribution is -2.26. The number of halogens is 1. The number of carboxylic acids is 1. The molecule has 6 heteroatoms. The van der Waals surface area contributed by atoms with Crippen molar-refractivity contribution < 1.29 is 24.1 Å². The number of rotatable bonds is 6. The Morgan fingerprint density at radius 2 is 1.75 bits per heavy atom. The topological polar surface area (TPSA) is 65.0 Å². The zero-order valence-electron chi connectivity index (χ0n) is 12.2. The molecule has 0 unspecified atom stereocenters. The molecule has 0 spiro atoms. The van der Waals surface area contributed by atoms with Crippen LogP contribution in [-0.2, 0) is 11.2 Å². The first-order chi connectivity index (χ1) is 9.28. The minimum Gasteiger partial charge on any atom is -0.496 e. The number of ether oxygens (including phenoxy) is 3. The van der Waals surface area contributed by atoms with Crippen molar-refractivity contribution in [2.45, 2.75) is 20.3 Å². The van der Waals surface area contributed by atoms with E-state index in [2.05, 4.69) is 15.9 Å². The Labute approximate surface area is 127 Å². The number of methoxy groups -OCH3 is 3. The van der Waals surface area contributed by atoms with Crippen LogP contribution in [-0.4, -0.2) is 32.4 Å². The lowest BCUT2D eigenvalue weighted by atomic mass is 9.85. The summed E-state index contributed by atoms with van der Waals surface area (Å²) in [6, 6.07) is 1.69. The third-order valence-electron chi connectivity index (χ3n) is 3.09. The summed E-state index contributed by atoms with van der Waals surface area (Å²) in [5.74, 6) is 0.725. The molecule has 5 nitrogen and oxygen atoms in total. The van der Waals surface area contributed by atoms with E-state index in [-0.39, 0.29) is 0 Å². The Kier molecular flexibility index (Phi) is 5.28. The minimum atomic E-state index is -0.921. The number of benzene rings is 1. The van der Waals surface area contributed by atoms with E-state index >= 15 is 0 Å². The summed E-state index contributed by atoms with van der Waals surface area (Å²) in [4.78, 5) is 11.3. The Hall–Kier alpha value is -1.43. The lowest BCUT2D eigenvalue weighted by Gasteiger charge is -2.23. The van der Waals surface area contributed by atoms with Gasteiger partial charge in [-0.05, 0) is 36.2 Å². The average molecular weight is 347 g/mol. The highest BCUT2D eigenvalue weighted by Gasteiger charge is 2.31. The van der Waals surface area contributed by atoms with E-state index in [9.17, 15) is 9.90 Å². The van der Waals surface area contributed by atoms with Gasteiger partial charge in [-0.25, -0.2) is 0 Å². The van der Waals surface area contributed by atoms with Gasteiger partial charge in [-0.1, -0.05) is 0 Å². The SMILES string of the molecule is COc1cc(OC)c(OC)c(Br)c1CC(C)(C)C(=O)O. The predicted molar refractivity (Wildman–Crippen MR) is 78.9 cm³/mol. The predicted octanol–water partition coefficient (Wildman–Crippen LogP) is 3.13. The van der Waals surface area contributed by atoms with E-state index in [1.54, 1.807) is 19.9 Å². The van der Waals surface area contributed by atoms with Gasteiger partial charge >= 0.3 is 5.97 Å². The van der Waals surface area contributed by atoms with E-state index in [4.69, 9.17) is 14.2 Å². The van der Waals surface area contributed by atoms with Gasteiger partial charge in [-0.2, -0.15) is 0 Å². The monoisotopic (exact) mass is 346 g/mol. The van der Waals surface area contributed by atoms with Crippen molar-refractivity contribution in [3.63, 3.8) is 0 Å². The molecule has 0 bridgehead atoms. The van der Waals surface area contributed by atoms with E-state index < -0.39 is 11.4 Å². The van der Waals surface area contributed by atoms with Crippen LogP contribution in [0.15, 0.2) is 10.5 Å². The largest absolute Gasteiger partial charge is 0.496 e. The molecule has 1 rings (SSSR count). The fourth-order valence-corrected chi connectivity index (χ4v) is 2.52. The van der Waals surface area contributed by atoms with Crippen molar-refractivity contribution in [2.75, 3.05) is 21.3 Å². The molecule has 0 saturated carbocycles. The number of carbonyl (C=O) groups is 1. The van der Waals surface area contributed by atoms with Crippen LogP contribution in [0.2, 0.25) is 0 Å². The molecule has 0 saturated heterocycles. The summed E-state index contributed by atoms with van der Waals surface area (Å²) in [5, 5.41) is 9.27. The van der Waals surface area contributed by atoms with Gasteiger partial charge in [0.05, 0.1) is 31.2 Å². The molecule has 1 N–H and O–H groups in total. The molecule has 0 fully saturated rings. The Morgan fingerprint density at radius 3 is 2.15 bits per heavy atom. The van der Waals surface area contributed by atoms with Crippen LogP contribution < -0.4 is 14.2 Å². The number of hydrogen-bond donors (Lipinski definition) is 1. The van der Waals surface area contributed by atoms with Crippen LogP contribution in [0.3, 0.4) is 0 Å². The van der Waals surface area contributed by atoms with Gasteiger partial charge in [0.15, 0.2) is 11.5 Å². The molecule has 0 aromatic heterocycles. The summed E-state index contributed by atoms with van der Waals surface area (Å²) in [6.45, 7) is 3.33. The molecule has 0 aliphatic rings. The Balaban J connectivity index is 3.41. The molecule has 1 aromatic carbocycles. The van der Waals surface area contributed by atoms with E-state index in [1.165, 1.54) is 21.3 Å². The quantitative estimate of drug-likeness (QED) is 0.857. The summed E-state index contributed by atoms with van der Waals surface area (Å²) in [6.07, 6.45) is 0.298. The first-order valence-corrected chi connectivity index (χ1v) is 6.78. The van der Waals surface area contributed by atoms with Crippen LogP contribution in [0.4, 0.5) is 0 Å². The van der Waals surface area contributed by atoms with Crippen LogP contribution in [0.25, 0.3) is 0 Å². The molecule has 0 aliphatic heterocycles. The maximum atomic E-state index is 11.3. The van der Waals surface area contributed by atoms with Crippen LogP contribution in [0.1, 0.15) is 19.4 Å². The highest BCUT2D eigenvalue weighted by molar-refractivity contribution is 9.10. The van der Waals surface area contributed by atoms with Gasteiger partial charge in [0.2, 0.25) is 0 Å². The first-order valence-electron chi connectivity index (χ1n) is 5.99. The summed E-state index contributed by atoms with van der Waals surface area (Å²) >= 11 is 3.45. The molecular formula is C14H19BrO5. The van der Waals surface area contributed by atoms with Gasteiger partial charge in [0.1, 0.15) is 5.75 Å². The normalized spacial score (nSPS) is 11.1. The number of hydrogen-bond acceptors (Lipinski definition) is 4. The van der Waals surface area contributed by atoms with Crippen LogP contribution in [0.5, 0.6) is 17.2 Å². The van der Waals surface area contributed by atoms with Crippen molar-refractivity contribution in [3.8, 4) is 17.2 Å². The highest BCUT2D eigenvalue weighted by Crippen LogP contribution is 2.45. The zero-order chi connectivity index (χ0) is 15.5. The van der Waals surface area contributed by atoms with Crippen molar-refractivity contribution >= 4 is 21.9 Å². The second kappa shape index (κ2) is 6.35. The maximum absolute atomic E-state index is 11.3. The summed E-state index contributed by atoms with van der Waals surface area (Å²) in [7, 11) is 4.59. The van der Waals surface area contributed by atoms with Gasteiger partial charge in [0.25, 0.3) is 0 Å². The van der Waals surface area contributed by atoms with E-state index in [1.807, 2.05) is 0 Å². The van der Waals surface area contributed by atoms with Crippen molar-refractivity contribution in [2.24, 2.45) is 5.41 Å². The second-order valence-corrected chi connectivity index (χ2v) is 5.77. The maximum Gasteiger partial charge on any atom is 0.309 e. The highest BCUT2D eigenvalue weighted by atomic mass is 79.9. The van der Waals surface area contributed by atoms with Crippen LogP contribution in [0, 0.1) is 5.41 Å². The molecule has 0 radical (unpaired) electrons. The Morgan fingerprint density at radius 1 is 1.20 bits per heavy atom. The summed E-state index contributed by atoms with van der Waals surface area (Å²) in [5.41, 5.74) is -0.187. The van der Waals surface area contributed by atoms with Crippen molar-refractivity contribution in [3.05, 3.63) is 16.1 Å². The zero-order valence-corrected chi connectivity index (χ0v) is 13.8. The van der Waals surface area contributed by atoms with Gasteiger partial charge in [-0.3, -0.25) is 4.79 Å². The smallest absolute Gasteiger partial charge is 0.309 e. The molecule has 0 amide bonds. The average Bonchev–Trinajstić information content (AvgIpc) is 2.40. The third-order valence-corrected chi connectivity index (χ3v) is 3.93. The van der Waals surface area contributed by atoms with Gasteiger partial charge in [0, 0.05) is 11.6 Å². The van der Waals surface area contributed by atoms with E-state index in [0.717, 1.165) is 5.56 Å².